The number of aliphatic hydroxyl groups is 1. The van der Waals surface area contributed by atoms with Gasteiger partial charge in [-0.25, -0.2) is 4.79 Å². The minimum absolute atomic E-state index is 0.117. The summed E-state index contributed by atoms with van der Waals surface area (Å²) in [7, 11) is 0. The van der Waals surface area contributed by atoms with Crippen LogP contribution in [0.1, 0.15) is 58.8 Å². The predicted molar refractivity (Wildman–Crippen MR) is 72.6 cm³/mol. The molecule has 4 aliphatic carbocycles. The minimum Gasteiger partial charge on any atom is -0.479 e. The summed E-state index contributed by atoms with van der Waals surface area (Å²) in [6.45, 7) is 3.66. The van der Waals surface area contributed by atoms with Crippen molar-refractivity contribution >= 4 is 5.97 Å². The molecule has 108 valence electrons. The summed E-state index contributed by atoms with van der Waals surface area (Å²) < 4.78 is 0. The Morgan fingerprint density at radius 3 is 1.89 bits per heavy atom. The Hall–Kier alpha value is -0.570. The smallest absolute Gasteiger partial charge is 0.335 e. The summed E-state index contributed by atoms with van der Waals surface area (Å²) in [5.74, 6) is 1.15. The zero-order valence-electron chi connectivity index (χ0n) is 12.1. The Morgan fingerprint density at radius 1 is 1.16 bits per heavy atom. The standard InChI is InChI=1S/C16H26O3/c1-10(2)16(19,14(17)18)9-15-6-11-3-12(7-15)5-13(4-11)8-15/h10-13,19H,3-9H2,1-2H3,(H,17,18). The van der Waals surface area contributed by atoms with Crippen LogP contribution in [-0.4, -0.2) is 21.8 Å². The van der Waals surface area contributed by atoms with Gasteiger partial charge in [-0.1, -0.05) is 13.8 Å². The summed E-state index contributed by atoms with van der Waals surface area (Å²) in [4.78, 5) is 11.5. The maximum atomic E-state index is 11.5. The number of rotatable bonds is 4. The molecule has 0 aromatic heterocycles. The number of hydrogen-bond acceptors (Lipinski definition) is 2. The molecular formula is C16H26O3. The topological polar surface area (TPSA) is 57.5 Å². The van der Waals surface area contributed by atoms with Crippen LogP contribution in [0.25, 0.3) is 0 Å². The molecule has 0 saturated heterocycles. The van der Waals surface area contributed by atoms with E-state index < -0.39 is 11.6 Å². The lowest BCUT2D eigenvalue weighted by Crippen LogP contribution is -2.53. The third kappa shape index (κ3) is 2.10. The van der Waals surface area contributed by atoms with Crippen molar-refractivity contribution in [3.8, 4) is 0 Å². The Kier molecular flexibility index (Phi) is 2.97. The number of carboxylic acids is 1. The number of carbonyl (C=O) groups is 1. The fourth-order valence-corrected chi connectivity index (χ4v) is 5.60. The largest absolute Gasteiger partial charge is 0.479 e. The van der Waals surface area contributed by atoms with Gasteiger partial charge in [0.25, 0.3) is 0 Å². The van der Waals surface area contributed by atoms with Crippen LogP contribution in [0.4, 0.5) is 0 Å². The predicted octanol–water partition coefficient (Wildman–Crippen LogP) is 3.06. The number of hydrogen-bond donors (Lipinski definition) is 2. The van der Waals surface area contributed by atoms with E-state index in [9.17, 15) is 15.0 Å². The highest BCUT2D eigenvalue weighted by Gasteiger charge is 2.55. The van der Waals surface area contributed by atoms with Gasteiger partial charge < -0.3 is 10.2 Å². The second kappa shape index (κ2) is 4.21. The normalized spacial score (nSPS) is 43.5. The molecule has 1 atom stereocenters. The van der Waals surface area contributed by atoms with Crippen molar-refractivity contribution in [2.75, 3.05) is 0 Å². The molecule has 19 heavy (non-hydrogen) atoms. The van der Waals surface area contributed by atoms with Gasteiger partial charge in [0.1, 0.15) is 0 Å². The molecule has 0 aromatic carbocycles. The van der Waals surface area contributed by atoms with Gasteiger partial charge in [0, 0.05) is 0 Å². The maximum Gasteiger partial charge on any atom is 0.335 e. The summed E-state index contributed by atoms with van der Waals surface area (Å²) in [6.07, 6.45) is 7.99. The molecule has 3 nitrogen and oxygen atoms in total. The van der Waals surface area contributed by atoms with Crippen molar-refractivity contribution in [1.29, 1.82) is 0 Å². The monoisotopic (exact) mass is 266 g/mol. The zero-order chi connectivity index (χ0) is 13.8. The molecule has 0 heterocycles. The molecule has 0 aliphatic heterocycles. The van der Waals surface area contributed by atoms with Gasteiger partial charge in [0.2, 0.25) is 0 Å². The van der Waals surface area contributed by atoms with Gasteiger partial charge in [-0.3, -0.25) is 0 Å². The Labute approximate surface area is 115 Å². The molecule has 1 unspecified atom stereocenters. The molecule has 0 amide bonds. The average molecular weight is 266 g/mol. The van der Waals surface area contributed by atoms with Crippen molar-refractivity contribution in [1.82, 2.24) is 0 Å². The first-order valence-corrected chi connectivity index (χ1v) is 7.79. The van der Waals surface area contributed by atoms with E-state index in [1.165, 1.54) is 19.3 Å². The minimum atomic E-state index is -1.54. The van der Waals surface area contributed by atoms with Crippen LogP contribution in [0.2, 0.25) is 0 Å². The third-order valence-electron chi connectivity index (χ3n) is 6.14. The fourth-order valence-electron chi connectivity index (χ4n) is 5.60. The van der Waals surface area contributed by atoms with Gasteiger partial charge in [0.05, 0.1) is 0 Å². The van der Waals surface area contributed by atoms with E-state index in [4.69, 9.17) is 0 Å². The summed E-state index contributed by atoms with van der Waals surface area (Å²) in [5, 5.41) is 20.1. The van der Waals surface area contributed by atoms with Crippen LogP contribution in [0.15, 0.2) is 0 Å². The highest BCUT2D eigenvalue weighted by molar-refractivity contribution is 5.77. The fraction of sp³-hybridized carbons (Fsp3) is 0.938. The van der Waals surface area contributed by atoms with Crippen LogP contribution >= 0.6 is 0 Å². The SMILES string of the molecule is CC(C)C(O)(CC12CC3CC(CC(C3)C1)C2)C(=O)O. The molecule has 4 bridgehead atoms. The van der Waals surface area contributed by atoms with Crippen LogP contribution in [0.3, 0.4) is 0 Å². The Balaban J connectivity index is 1.84. The molecule has 4 aliphatic rings. The van der Waals surface area contributed by atoms with E-state index in [1.807, 2.05) is 13.8 Å². The molecule has 2 N–H and O–H groups in total. The zero-order valence-corrected chi connectivity index (χ0v) is 12.1. The van der Waals surface area contributed by atoms with Crippen LogP contribution in [0.5, 0.6) is 0 Å². The number of aliphatic carboxylic acids is 1. The molecule has 3 heteroatoms. The molecule has 0 radical (unpaired) electrons. The highest BCUT2D eigenvalue weighted by Crippen LogP contribution is 2.62. The first kappa shape index (κ1) is 13.4. The number of carboxylic acid groups (broad SMARTS) is 1. The molecule has 4 fully saturated rings. The maximum absolute atomic E-state index is 11.5. The lowest BCUT2D eigenvalue weighted by atomic mass is 9.47. The Morgan fingerprint density at radius 2 is 1.58 bits per heavy atom. The summed E-state index contributed by atoms with van der Waals surface area (Å²) in [5.41, 5.74) is -1.42. The van der Waals surface area contributed by atoms with Crippen molar-refractivity contribution < 1.29 is 15.0 Å². The summed E-state index contributed by atoms with van der Waals surface area (Å²) >= 11 is 0. The Bertz CT molecular complexity index is 352. The second-order valence-corrected chi connectivity index (χ2v) is 7.98. The van der Waals surface area contributed by atoms with Gasteiger partial charge in [-0.2, -0.15) is 0 Å². The molecule has 0 aromatic rings. The van der Waals surface area contributed by atoms with E-state index in [0.717, 1.165) is 37.0 Å². The van der Waals surface area contributed by atoms with Gasteiger partial charge >= 0.3 is 5.97 Å². The van der Waals surface area contributed by atoms with Crippen molar-refractivity contribution in [2.24, 2.45) is 29.1 Å². The van der Waals surface area contributed by atoms with Crippen molar-refractivity contribution in [3.63, 3.8) is 0 Å². The molecule has 4 saturated carbocycles. The van der Waals surface area contributed by atoms with E-state index in [2.05, 4.69) is 0 Å². The van der Waals surface area contributed by atoms with Crippen molar-refractivity contribution in [3.05, 3.63) is 0 Å². The van der Waals surface area contributed by atoms with Crippen LogP contribution in [0, 0.1) is 29.1 Å². The highest BCUT2D eigenvalue weighted by atomic mass is 16.4. The first-order valence-electron chi connectivity index (χ1n) is 7.79. The summed E-state index contributed by atoms with van der Waals surface area (Å²) in [6, 6.07) is 0. The van der Waals surface area contributed by atoms with Gasteiger partial charge in [-0.05, 0) is 74.0 Å². The van der Waals surface area contributed by atoms with E-state index in [1.54, 1.807) is 0 Å². The van der Waals surface area contributed by atoms with Crippen LogP contribution in [-0.2, 0) is 4.79 Å². The van der Waals surface area contributed by atoms with E-state index >= 15 is 0 Å². The van der Waals surface area contributed by atoms with Crippen LogP contribution < -0.4 is 0 Å². The van der Waals surface area contributed by atoms with Gasteiger partial charge in [-0.15, -0.1) is 0 Å². The van der Waals surface area contributed by atoms with E-state index in [0.29, 0.717) is 6.42 Å². The van der Waals surface area contributed by atoms with Crippen molar-refractivity contribution in [2.45, 2.75) is 64.4 Å². The van der Waals surface area contributed by atoms with E-state index in [-0.39, 0.29) is 11.3 Å². The first-order chi connectivity index (χ1) is 8.83. The quantitative estimate of drug-likeness (QED) is 0.822. The molecular weight excluding hydrogens is 240 g/mol. The second-order valence-electron chi connectivity index (χ2n) is 7.98. The lowest BCUT2D eigenvalue weighted by molar-refractivity contribution is -0.176. The molecule has 0 spiro atoms. The average Bonchev–Trinajstić information content (AvgIpc) is 2.25. The molecule has 4 rings (SSSR count). The lowest BCUT2D eigenvalue weighted by Gasteiger charge is -2.58. The third-order valence-corrected chi connectivity index (χ3v) is 6.14. The van der Waals surface area contributed by atoms with Gasteiger partial charge in [0.15, 0.2) is 5.60 Å².